The fourth-order valence-electron chi connectivity index (χ4n) is 1.77. The van der Waals surface area contributed by atoms with Crippen LogP contribution in [-0.2, 0) is 4.79 Å². The van der Waals surface area contributed by atoms with Crippen molar-refractivity contribution in [1.29, 1.82) is 0 Å². The zero-order valence-corrected chi connectivity index (χ0v) is 8.64. The van der Waals surface area contributed by atoms with Crippen LogP contribution in [0.15, 0.2) is 24.3 Å². The fourth-order valence-corrected chi connectivity index (χ4v) is 1.77. The van der Waals surface area contributed by atoms with Crippen LogP contribution in [0, 0.1) is 0 Å². The third-order valence-corrected chi connectivity index (χ3v) is 2.50. The first kappa shape index (κ1) is 10.5. The minimum absolute atomic E-state index is 0.124. The largest absolute Gasteiger partial charge is 0.465 e. The molecule has 1 aliphatic rings. The van der Waals surface area contributed by atoms with Crippen molar-refractivity contribution in [3.63, 3.8) is 0 Å². The number of rotatable bonds is 2. The van der Waals surface area contributed by atoms with E-state index in [-0.39, 0.29) is 5.91 Å². The molecule has 84 valence electrons. The third-order valence-electron chi connectivity index (χ3n) is 2.50. The Hall–Kier alpha value is -2.04. The highest BCUT2D eigenvalue weighted by Gasteiger charge is 2.21. The molecule has 2 rings (SSSR count). The molecule has 1 fully saturated rings. The van der Waals surface area contributed by atoms with E-state index in [1.54, 1.807) is 29.2 Å². The van der Waals surface area contributed by atoms with E-state index in [9.17, 15) is 9.59 Å². The Balaban J connectivity index is 2.12. The summed E-state index contributed by atoms with van der Waals surface area (Å²) in [7, 11) is 0. The van der Waals surface area contributed by atoms with Gasteiger partial charge < -0.3 is 10.0 Å². The van der Waals surface area contributed by atoms with E-state index < -0.39 is 6.09 Å². The average molecular weight is 220 g/mol. The minimum Gasteiger partial charge on any atom is -0.465 e. The summed E-state index contributed by atoms with van der Waals surface area (Å²) in [4.78, 5) is 23.6. The van der Waals surface area contributed by atoms with E-state index in [1.165, 1.54) is 0 Å². The highest BCUT2D eigenvalue weighted by atomic mass is 16.4. The lowest BCUT2D eigenvalue weighted by molar-refractivity contribution is -0.117. The van der Waals surface area contributed by atoms with Crippen LogP contribution in [-0.4, -0.2) is 23.7 Å². The van der Waals surface area contributed by atoms with Crippen LogP contribution in [0.2, 0.25) is 0 Å². The van der Waals surface area contributed by atoms with Crippen molar-refractivity contribution in [2.75, 3.05) is 16.8 Å². The van der Waals surface area contributed by atoms with Gasteiger partial charge in [-0.3, -0.25) is 10.1 Å². The molecule has 1 heterocycles. The molecular weight excluding hydrogens is 208 g/mol. The number of carbonyl (C=O) groups excluding carboxylic acids is 1. The topological polar surface area (TPSA) is 69.6 Å². The van der Waals surface area contributed by atoms with E-state index >= 15 is 0 Å². The van der Waals surface area contributed by atoms with Gasteiger partial charge in [-0.05, 0) is 30.7 Å². The zero-order chi connectivity index (χ0) is 11.5. The lowest BCUT2D eigenvalue weighted by Gasteiger charge is -2.15. The molecule has 5 nitrogen and oxygen atoms in total. The summed E-state index contributed by atoms with van der Waals surface area (Å²) >= 11 is 0. The second kappa shape index (κ2) is 4.22. The summed E-state index contributed by atoms with van der Waals surface area (Å²) in [5.74, 6) is 0.124. The molecule has 0 spiro atoms. The van der Waals surface area contributed by atoms with Crippen molar-refractivity contribution < 1.29 is 14.7 Å². The van der Waals surface area contributed by atoms with Gasteiger partial charge in [-0.1, -0.05) is 0 Å². The van der Waals surface area contributed by atoms with Gasteiger partial charge in [-0.15, -0.1) is 0 Å². The molecule has 0 saturated carbocycles. The minimum atomic E-state index is -1.09. The van der Waals surface area contributed by atoms with Gasteiger partial charge in [0.15, 0.2) is 0 Å². The van der Waals surface area contributed by atoms with E-state index in [0.29, 0.717) is 12.1 Å². The number of nitrogens with zero attached hydrogens (tertiary/aromatic N) is 1. The second-order valence-corrected chi connectivity index (χ2v) is 3.63. The molecule has 16 heavy (non-hydrogen) atoms. The molecule has 2 N–H and O–H groups in total. The maximum absolute atomic E-state index is 11.5. The average Bonchev–Trinajstić information content (AvgIpc) is 2.65. The van der Waals surface area contributed by atoms with Crippen molar-refractivity contribution in [2.24, 2.45) is 0 Å². The Morgan fingerprint density at radius 2 is 2.00 bits per heavy atom. The van der Waals surface area contributed by atoms with Gasteiger partial charge in [0.25, 0.3) is 0 Å². The number of benzene rings is 1. The molecule has 5 heteroatoms. The van der Waals surface area contributed by atoms with Crippen LogP contribution in [0.1, 0.15) is 12.8 Å². The van der Waals surface area contributed by atoms with Crippen molar-refractivity contribution in [1.82, 2.24) is 0 Å². The summed E-state index contributed by atoms with van der Waals surface area (Å²) in [6.45, 7) is 0.741. The third kappa shape index (κ3) is 2.13. The van der Waals surface area contributed by atoms with E-state index in [2.05, 4.69) is 5.32 Å². The van der Waals surface area contributed by atoms with Crippen LogP contribution in [0.5, 0.6) is 0 Å². The van der Waals surface area contributed by atoms with Crippen molar-refractivity contribution in [2.45, 2.75) is 12.8 Å². The lowest BCUT2D eigenvalue weighted by Crippen LogP contribution is -2.23. The molecule has 1 saturated heterocycles. The van der Waals surface area contributed by atoms with Crippen LogP contribution in [0.3, 0.4) is 0 Å². The van der Waals surface area contributed by atoms with Gasteiger partial charge in [-0.25, -0.2) is 4.79 Å². The second-order valence-electron chi connectivity index (χ2n) is 3.63. The zero-order valence-electron chi connectivity index (χ0n) is 8.64. The Labute approximate surface area is 92.7 Å². The van der Waals surface area contributed by atoms with Crippen molar-refractivity contribution >= 4 is 23.4 Å². The molecule has 0 atom stereocenters. The van der Waals surface area contributed by atoms with Crippen molar-refractivity contribution in [3.05, 3.63) is 24.3 Å². The van der Waals surface area contributed by atoms with Crippen LogP contribution in [0.25, 0.3) is 0 Å². The highest BCUT2D eigenvalue weighted by molar-refractivity contribution is 5.95. The first-order chi connectivity index (χ1) is 7.66. The van der Waals surface area contributed by atoms with Gasteiger partial charge in [0, 0.05) is 24.3 Å². The number of carbonyl (C=O) groups is 2. The maximum Gasteiger partial charge on any atom is 0.409 e. The summed E-state index contributed by atoms with van der Waals surface area (Å²) in [6.07, 6.45) is 0.383. The standard InChI is InChI=1S/C11H12N2O3/c14-10-2-1-7-13(10)9-5-3-8(4-6-9)12-11(15)16/h3-6,12H,1-2,7H2,(H,15,16). The summed E-state index contributed by atoms with van der Waals surface area (Å²) < 4.78 is 0. The quantitative estimate of drug-likeness (QED) is 0.799. The molecule has 2 amide bonds. The smallest absolute Gasteiger partial charge is 0.409 e. The first-order valence-electron chi connectivity index (χ1n) is 5.07. The molecule has 0 radical (unpaired) electrons. The number of amides is 2. The fraction of sp³-hybridized carbons (Fsp3) is 0.273. The lowest BCUT2D eigenvalue weighted by atomic mass is 10.2. The molecular formula is C11H12N2O3. The predicted octanol–water partition coefficient (Wildman–Crippen LogP) is 1.90. The monoisotopic (exact) mass is 220 g/mol. The molecule has 1 aromatic rings. The van der Waals surface area contributed by atoms with E-state index in [0.717, 1.165) is 18.7 Å². The Morgan fingerprint density at radius 3 is 2.50 bits per heavy atom. The highest BCUT2D eigenvalue weighted by Crippen LogP contribution is 2.22. The number of anilines is 2. The summed E-state index contributed by atoms with van der Waals surface area (Å²) in [5, 5.41) is 10.8. The molecule has 0 bridgehead atoms. The van der Waals surface area contributed by atoms with Crippen molar-refractivity contribution in [3.8, 4) is 0 Å². The van der Waals surface area contributed by atoms with Crippen LogP contribution in [0.4, 0.5) is 16.2 Å². The predicted molar refractivity (Wildman–Crippen MR) is 59.7 cm³/mol. The van der Waals surface area contributed by atoms with Gasteiger partial charge in [0.05, 0.1) is 0 Å². The van der Waals surface area contributed by atoms with Gasteiger partial charge >= 0.3 is 6.09 Å². The first-order valence-corrected chi connectivity index (χ1v) is 5.07. The van der Waals surface area contributed by atoms with Gasteiger partial charge in [0.2, 0.25) is 5.91 Å². The van der Waals surface area contributed by atoms with Crippen LogP contribution < -0.4 is 10.2 Å². The van der Waals surface area contributed by atoms with E-state index in [4.69, 9.17) is 5.11 Å². The molecule has 1 aliphatic heterocycles. The Morgan fingerprint density at radius 1 is 1.31 bits per heavy atom. The van der Waals surface area contributed by atoms with Gasteiger partial charge in [-0.2, -0.15) is 0 Å². The molecule has 1 aromatic carbocycles. The Bertz CT molecular complexity index is 414. The van der Waals surface area contributed by atoms with Gasteiger partial charge in [0.1, 0.15) is 0 Å². The number of carboxylic acid groups (broad SMARTS) is 1. The molecule has 0 aromatic heterocycles. The maximum atomic E-state index is 11.5. The molecule has 0 unspecified atom stereocenters. The number of hydrogen-bond acceptors (Lipinski definition) is 2. The summed E-state index contributed by atoms with van der Waals surface area (Å²) in [6, 6.07) is 6.78. The van der Waals surface area contributed by atoms with Crippen LogP contribution >= 0.6 is 0 Å². The Kier molecular flexibility index (Phi) is 2.76. The summed E-state index contributed by atoms with van der Waals surface area (Å²) in [5.41, 5.74) is 1.32. The number of hydrogen-bond donors (Lipinski definition) is 2. The SMILES string of the molecule is O=C(O)Nc1ccc(N2CCCC2=O)cc1. The normalized spacial score (nSPS) is 15.2. The van der Waals surface area contributed by atoms with E-state index in [1.807, 2.05) is 0 Å². The number of nitrogens with one attached hydrogen (secondary N) is 1. The molecule has 0 aliphatic carbocycles.